The molecule has 0 aromatic carbocycles. The van der Waals surface area contributed by atoms with Gasteiger partial charge in [-0.3, -0.25) is 31.0 Å². The number of carbonyl (C=O) groups excluding carboxylic acids is 2. The molecule has 0 spiro atoms. The fourth-order valence-electron chi connectivity index (χ4n) is 4.71. The second-order valence-corrected chi connectivity index (χ2v) is 17.5. The van der Waals surface area contributed by atoms with E-state index in [0.29, 0.717) is 34.1 Å². The Morgan fingerprint density at radius 2 is 1.09 bits per heavy atom. The second-order valence-electron chi connectivity index (χ2n) is 10.8. The quantitative estimate of drug-likeness (QED) is 0.0220. The van der Waals surface area contributed by atoms with Crippen molar-refractivity contribution >= 4 is 79.7 Å². The smallest absolute Gasteiger partial charge is 0.241 e. The number of thioether (sulfide) groups is 2. The van der Waals surface area contributed by atoms with Crippen LogP contribution in [0.2, 0.25) is 0 Å². The molecule has 44 heavy (non-hydrogen) atoms. The van der Waals surface area contributed by atoms with Crippen molar-refractivity contribution in [2.45, 2.75) is 85.2 Å². The van der Waals surface area contributed by atoms with Crippen molar-refractivity contribution < 1.29 is 44.4 Å². The van der Waals surface area contributed by atoms with Crippen LogP contribution >= 0.6 is 44.5 Å². The van der Waals surface area contributed by atoms with Gasteiger partial charge in [0.1, 0.15) is 11.8 Å². The molecule has 0 radical (unpaired) electrons. The van der Waals surface area contributed by atoms with Gasteiger partial charge >= 0.3 is 0 Å². The molecule has 2 amide bonds. The molecule has 12 N–H and O–H groups in total. The van der Waals surface area contributed by atoms with Crippen LogP contribution in [-0.2, 0) is 9.59 Å². The predicted octanol–water partition coefficient (Wildman–Crippen LogP) is -7.79. The summed E-state index contributed by atoms with van der Waals surface area (Å²) in [6.45, 7) is 1.45. The van der Waals surface area contributed by atoms with Crippen LogP contribution in [-0.4, -0.2) is 106 Å². The maximum atomic E-state index is 11.2. The average molecular weight is 736 g/mol. The number of nitrogens with one attached hydrogen (secondary N) is 4. The van der Waals surface area contributed by atoms with E-state index in [9.17, 15) is 9.59 Å². The Morgan fingerprint density at radius 3 is 1.41 bits per heavy atom. The number of hydrogen-bond donors (Lipinski definition) is 8. The van der Waals surface area contributed by atoms with Gasteiger partial charge in [0.15, 0.2) is 0 Å². The summed E-state index contributed by atoms with van der Waals surface area (Å²) in [5.41, 5.74) is 23.2. The number of hydrogen-bond acceptors (Lipinski definition) is 6. The highest BCUT2D eigenvalue weighted by molar-refractivity contribution is 8.15. The minimum atomic E-state index is -0.0931. The van der Waals surface area contributed by atoms with Gasteiger partial charge in [0, 0.05) is 58.4 Å². The molecular formula is C28H56Cl2N8O2S4. The Bertz CT molecular complexity index is 887. The van der Waals surface area contributed by atoms with Crippen LogP contribution in [0.15, 0.2) is 0 Å². The van der Waals surface area contributed by atoms with E-state index in [0.717, 1.165) is 73.5 Å². The van der Waals surface area contributed by atoms with Gasteiger partial charge in [0.2, 0.25) is 23.5 Å². The van der Waals surface area contributed by atoms with Crippen molar-refractivity contribution in [2.24, 2.45) is 22.9 Å². The minimum Gasteiger partial charge on any atom is -1.00 e. The second kappa shape index (κ2) is 25.6. The van der Waals surface area contributed by atoms with E-state index in [1.54, 1.807) is 0 Å². The molecule has 0 heterocycles. The largest absolute Gasteiger partial charge is 1.00 e. The highest BCUT2D eigenvalue weighted by Gasteiger charge is 2.33. The molecule has 0 saturated heterocycles. The monoisotopic (exact) mass is 734 g/mol. The predicted molar refractivity (Wildman–Crippen MR) is 190 cm³/mol. The van der Waals surface area contributed by atoms with Gasteiger partial charge in [-0.1, -0.05) is 24.6 Å². The Morgan fingerprint density at radius 1 is 0.705 bits per heavy atom. The molecule has 6 unspecified atom stereocenters. The van der Waals surface area contributed by atoms with E-state index in [1.807, 2.05) is 23.5 Å². The minimum absolute atomic E-state index is 0. The third kappa shape index (κ3) is 17.4. The number of rotatable bonds is 23. The van der Waals surface area contributed by atoms with E-state index in [2.05, 4.69) is 32.4 Å². The molecule has 2 fully saturated rings. The SMILES string of the molecule is C=S(C[NH+]=C(N)CCCCCCC(N)=[NH+]CS(=C)C1CCC1SCCNC(=O)CN)C1CCC1SCCNC(=O)CN.[Cl-].[Cl-]. The molecule has 6 atom stereocenters. The zero-order chi connectivity index (χ0) is 30.7. The molecule has 0 bridgehead atoms. The number of nitrogens with two attached hydrogens (primary N) is 4. The van der Waals surface area contributed by atoms with E-state index in [-0.39, 0.29) is 70.7 Å². The Hall–Kier alpha value is -0.480. The zero-order valence-corrected chi connectivity index (χ0v) is 30.7. The third-order valence-electron chi connectivity index (χ3n) is 7.65. The van der Waals surface area contributed by atoms with Gasteiger partial charge in [-0.05, 0) is 38.5 Å². The highest BCUT2D eigenvalue weighted by atomic mass is 35.5. The first-order valence-corrected chi connectivity index (χ1v) is 20.5. The van der Waals surface area contributed by atoms with E-state index < -0.39 is 0 Å². The van der Waals surface area contributed by atoms with Crippen molar-refractivity contribution in [1.29, 1.82) is 0 Å². The Labute approximate surface area is 290 Å². The fourth-order valence-corrected chi connectivity index (χ4v) is 11.7. The summed E-state index contributed by atoms with van der Waals surface area (Å²) in [5.74, 6) is 13.9. The number of amidine groups is 2. The zero-order valence-electron chi connectivity index (χ0n) is 26.0. The van der Waals surface area contributed by atoms with Crippen LogP contribution in [0.3, 0.4) is 0 Å². The van der Waals surface area contributed by atoms with E-state index in [1.165, 1.54) is 25.7 Å². The fraction of sp³-hybridized carbons (Fsp3) is 0.786. The van der Waals surface area contributed by atoms with Gasteiger partial charge in [-0.25, -0.2) is 0 Å². The van der Waals surface area contributed by atoms with Crippen molar-refractivity contribution in [3.63, 3.8) is 0 Å². The molecular weight excluding hydrogens is 680 g/mol. The molecule has 2 aliphatic carbocycles. The molecule has 0 aromatic rings. The molecule has 2 aliphatic rings. The Kier molecular flexibility index (Phi) is 25.3. The van der Waals surface area contributed by atoms with Gasteiger partial charge in [-0.2, -0.15) is 23.5 Å². The summed E-state index contributed by atoms with van der Waals surface area (Å²) >= 11 is 3.87. The highest BCUT2D eigenvalue weighted by Crippen LogP contribution is 2.42. The number of carbonyl (C=O) groups is 2. The lowest BCUT2D eigenvalue weighted by Crippen LogP contribution is -3.00. The van der Waals surface area contributed by atoms with Gasteiger partial charge in [-0.15, -0.1) is 21.0 Å². The molecule has 258 valence electrons. The van der Waals surface area contributed by atoms with Crippen molar-refractivity contribution in [1.82, 2.24) is 10.6 Å². The maximum Gasteiger partial charge on any atom is 0.241 e. The maximum absolute atomic E-state index is 11.2. The number of halogens is 2. The summed E-state index contributed by atoms with van der Waals surface area (Å²) < 4.78 is 0. The lowest BCUT2D eigenvalue weighted by Gasteiger charge is -2.37. The first kappa shape index (κ1) is 43.5. The van der Waals surface area contributed by atoms with Gasteiger partial charge in [0.25, 0.3) is 0 Å². The standard InChI is InChI=1S/C28H54N8O2S4.2ClH/c1-41(23-11-9-21(23)39-15-13-33-27(37)17-29)19-35-25(31)7-5-3-4-6-8-26(32)36-20-42(2)24-12-10-22(24)40-16-14-34-28(38)18-30;;/h21-24H,1-20,29-30H2,(H2,31,35)(H2,32,36)(H,33,37)(H,34,38);2*1H. The summed E-state index contributed by atoms with van der Waals surface area (Å²) in [5, 5.41) is 8.18. The average Bonchev–Trinajstić information content (AvgIpc) is 2.94. The van der Waals surface area contributed by atoms with Crippen LogP contribution in [0, 0.1) is 0 Å². The van der Waals surface area contributed by atoms with E-state index >= 15 is 0 Å². The van der Waals surface area contributed by atoms with Crippen molar-refractivity contribution in [3.8, 4) is 0 Å². The number of unbranched alkanes of at least 4 members (excludes halogenated alkanes) is 3. The molecule has 10 nitrogen and oxygen atoms in total. The number of amides is 2. The normalized spacial score (nSPS) is 22.8. The van der Waals surface area contributed by atoms with Crippen LogP contribution < -0.4 is 68.4 Å². The molecule has 2 saturated carbocycles. The molecule has 2 rings (SSSR count). The first-order valence-electron chi connectivity index (χ1n) is 15.1. The van der Waals surface area contributed by atoms with Gasteiger partial charge in [0.05, 0.1) is 13.1 Å². The first-order chi connectivity index (χ1) is 20.2. The van der Waals surface area contributed by atoms with Crippen LogP contribution in [0.4, 0.5) is 0 Å². The topological polar surface area (TPSA) is 190 Å². The Balaban J connectivity index is 0.00000924. The molecule has 0 aromatic heterocycles. The summed E-state index contributed by atoms with van der Waals surface area (Å²) in [6, 6.07) is 0. The van der Waals surface area contributed by atoms with Crippen LogP contribution in [0.5, 0.6) is 0 Å². The summed E-state index contributed by atoms with van der Waals surface area (Å²) in [7, 11) is 0.0829. The van der Waals surface area contributed by atoms with Crippen molar-refractivity contribution in [2.75, 3.05) is 49.4 Å². The van der Waals surface area contributed by atoms with Crippen LogP contribution in [0.25, 0.3) is 0 Å². The van der Waals surface area contributed by atoms with Gasteiger partial charge < -0.3 is 46.9 Å². The summed E-state index contributed by atoms with van der Waals surface area (Å²) in [6.07, 6.45) is 11.1. The van der Waals surface area contributed by atoms with Crippen molar-refractivity contribution in [3.05, 3.63) is 0 Å². The molecule has 16 heteroatoms. The van der Waals surface area contributed by atoms with E-state index in [4.69, 9.17) is 22.9 Å². The lowest BCUT2D eigenvalue weighted by atomic mass is 9.99. The summed E-state index contributed by atoms with van der Waals surface area (Å²) in [4.78, 5) is 29.3. The third-order valence-corrected chi connectivity index (χ3v) is 14.7. The molecule has 0 aliphatic heterocycles. The lowest BCUT2D eigenvalue weighted by molar-refractivity contribution is -0.434. The van der Waals surface area contributed by atoms with Crippen LogP contribution in [0.1, 0.15) is 64.2 Å².